The van der Waals surface area contributed by atoms with E-state index in [1.807, 2.05) is 23.6 Å². The molecule has 6 heteroatoms. The Balaban J connectivity index is 1.66. The van der Waals surface area contributed by atoms with Gasteiger partial charge in [-0.3, -0.25) is 4.79 Å². The highest BCUT2D eigenvalue weighted by molar-refractivity contribution is 7.20. The molecule has 2 heterocycles. The molecule has 0 aliphatic heterocycles. The van der Waals surface area contributed by atoms with Crippen LogP contribution in [0, 0.1) is 11.3 Å². The molecular formula is C16H11N3OS2. The Hall–Kier alpha value is -2.49. The Labute approximate surface area is 135 Å². The molecule has 0 unspecified atom stereocenters. The van der Waals surface area contributed by atoms with E-state index in [4.69, 9.17) is 5.26 Å². The van der Waals surface area contributed by atoms with E-state index < -0.39 is 0 Å². The van der Waals surface area contributed by atoms with Crippen LogP contribution in [-0.4, -0.2) is 10.9 Å². The molecule has 0 fully saturated rings. The number of carbonyl (C=O) groups excluding carboxylic acids is 1. The van der Waals surface area contributed by atoms with E-state index in [0.29, 0.717) is 17.8 Å². The van der Waals surface area contributed by atoms with Crippen LogP contribution < -0.4 is 5.32 Å². The quantitative estimate of drug-likeness (QED) is 0.796. The zero-order valence-corrected chi connectivity index (χ0v) is 13.1. The monoisotopic (exact) mass is 325 g/mol. The topological polar surface area (TPSA) is 65.8 Å². The van der Waals surface area contributed by atoms with Gasteiger partial charge >= 0.3 is 0 Å². The third kappa shape index (κ3) is 3.22. The summed E-state index contributed by atoms with van der Waals surface area (Å²) in [6.45, 7) is 0.375. The minimum Gasteiger partial charge on any atom is -0.347 e. The molecule has 108 valence electrons. The zero-order valence-electron chi connectivity index (χ0n) is 11.4. The zero-order chi connectivity index (χ0) is 15.4. The first-order chi connectivity index (χ1) is 10.8. The number of nitrogens with zero attached hydrogens (tertiary/aromatic N) is 2. The summed E-state index contributed by atoms with van der Waals surface area (Å²) in [7, 11) is 0. The van der Waals surface area contributed by atoms with E-state index in [9.17, 15) is 4.79 Å². The lowest BCUT2D eigenvalue weighted by atomic mass is 10.1. The number of thiophene rings is 1. The average Bonchev–Trinajstić information content (AvgIpc) is 3.23. The maximum absolute atomic E-state index is 12.1. The van der Waals surface area contributed by atoms with Gasteiger partial charge in [-0.2, -0.15) is 5.26 Å². The summed E-state index contributed by atoms with van der Waals surface area (Å²) in [6, 6.07) is 13.2. The van der Waals surface area contributed by atoms with E-state index in [0.717, 1.165) is 15.4 Å². The smallest absolute Gasteiger partial charge is 0.271 e. The molecule has 0 radical (unpaired) electrons. The molecule has 2 aromatic heterocycles. The van der Waals surface area contributed by atoms with Crippen molar-refractivity contribution in [1.29, 1.82) is 5.26 Å². The van der Waals surface area contributed by atoms with Gasteiger partial charge in [0.1, 0.15) is 10.7 Å². The fourth-order valence-corrected chi connectivity index (χ4v) is 3.53. The van der Waals surface area contributed by atoms with Gasteiger partial charge in [0.2, 0.25) is 0 Å². The molecule has 3 rings (SSSR count). The Morgan fingerprint density at radius 2 is 2.18 bits per heavy atom. The van der Waals surface area contributed by atoms with Crippen LogP contribution in [0.2, 0.25) is 0 Å². The molecule has 0 aliphatic carbocycles. The summed E-state index contributed by atoms with van der Waals surface area (Å²) >= 11 is 3.06. The SMILES string of the molecule is N#Cc1cccc(CNC(=O)c2csc(-c3cccs3)n2)c1. The molecule has 1 N–H and O–H groups in total. The first-order valence-corrected chi connectivity index (χ1v) is 8.29. The maximum Gasteiger partial charge on any atom is 0.271 e. The van der Waals surface area contributed by atoms with Crippen molar-refractivity contribution in [1.82, 2.24) is 10.3 Å². The molecule has 1 aromatic carbocycles. The Morgan fingerprint density at radius 1 is 1.27 bits per heavy atom. The molecule has 0 aliphatic rings. The second kappa shape index (κ2) is 6.52. The lowest BCUT2D eigenvalue weighted by Crippen LogP contribution is -2.23. The van der Waals surface area contributed by atoms with Crippen molar-refractivity contribution in [2.45, 2.75) is 6.54 Å². The predicted octanol–water partition coefficient (Wildman–Crippen LogP) is 3.67. The summed E-state index contributed by atoms with van der Waals surface area (Å²) in [5.41, 5.74) is 1.89. The number of nitrogens with one attached hydrogen (secondary N) is 1. The van der Waals surface area contributed by atoms with Crippen LogP contribution in [0.25, 0.3) is 9.88 Å². The van der Waals surface area contributed by atoms with Crippen molar-refractivity contribution in [3.05, 3.63) is 64.0 Å². The van der Waals surface area contributed by atoms with E-state index in [1.165, 1.54) is 11.3 Å². The van der Waals surface area contributed by atoms with Crippen LogP contribution in [0.5, 0.6) is 0 Å². The Morgan fingerprint density at radius 3 is 2.95 bits per heavy atom. The van der Waals surface area contributed by atoms with Crippen molar-refractivity contribution in [2.24, 2.45) is 0 Å². The molecule has 3 aromatic rings. The van der Waals surface area contributed by atoms with Crippen LogP contribution in [0.3, 0.4) is 0 Å². The molecule has 0 atom stereocenters. The molecule has 22 heavy (non-hydrogen) atoms. The minimum atomic E-state index is -0.207. The van der Waals surface area contributed by atoms with Gasteiger partial charge < -0.3 is 5.32 Å². The van der Waals surface area contributed by atoms with Crippen molar-refractivity contribution in [3.63, 3.8) is 0 Å². The summed E-state index contributed by atoms with van der Waals surface area (Å²) in [5.74, 6) is -0.207. The van der Waals surface area contributed by atoms with Crippen molar-refractivity contribution < 1.29 is 4.79 Å². The number of benzene rings is 1. The van der Waals surface area contributed by atoms with Gasteiger partial charge in [0.15, 0.2) is 0 Å². The number of aromatic nitrogens is 1. The molecule has 0 bridgehead atoms. The molecule has 0 saturated carbocycles. The van der Waals surface area contributed by atoms with Gasteiger partial charge in [0, 0.05) is 11.9 Å². The van der Waals surface area contributed by atoms with Crippen LogP contribution in [0.15, 0.2) is 47.2 Å². The minimum absolute atomic E-state index is 0.207. The van der Waals surface area contributed by atoms with E-state index in [-0.39, 0.29) is 5.91 Å². The highest BCUT2D eigenvalue weighted by Gasteiger charge is 2.12. The first-order valence-electron chi connectivity index (χ1n) is 6.53. The molecule has 1 amide bonds. The third-order valence-corrected chi connectivity index (χ3v) is 4.86. The van der Waals surface area contributed by atoms with Gasteiger partial charge in [-0.05, 0) is 29.1 Å². The Kier molecular flexibility index (Phi) is 4.28. The fourth-order valence-electron chi connectivity index (χ4n) is 1.92. The number of hydrogen-bond acceptors (Lipinski definition) is 5. The van der Waals surface area contributed by atoms with Crippen LogP contribution in [-0.2, 0) is 6.54 Å². The second-order valence-corrected chi connectivity index (χ2v) is 6.32. The van der Waals surface area contributed by atoms with E-state index in [1.54, 1.807) is 34.9 Å². The fraction of sp³-hybridized carbons (Fsp3) is 0.0625. The van der Waals surface area contributed by atoms with Crippen molar-refractivity contribution >= 4 is 28.6 Å². The second-order valence-electron chi connectivity index (χ2n) is 4.51. The summed E-state index contributed by atoms with van der Waals surface area (Å²) < 4.78 is 0. The first kappa shape index (κ1) is 14.4. The normalized spacial score (nSPS) is 10.1. The van der Waals surface area contributed by atoms with Gasteiger partial charge in [-0.25, -0.2) is 4.98 Å². The Bertz CT molecular complexity index is 831. The summed E-state index contributed by atoms with van der Waals surface area (Å²) in [6.07, 6.45) is 0. The number of carbonyl (C=O) groups is 1. The van der Waals surface area contributed by atoms with Gasteiger partial charge in [-0.1, -0.05) is 18.2 Å². The van der Waals surface area contributed by atoms with Crippen LogP contribution >= 0.6 is 22.7 Å². The summed E-state index contributed by atoms with van der Waals surface area (Å²) in [4.78, 5) is 17.6. The lowest BCUT2D eigenvalue weighted by Gasteiger charge is -2.03. The highest BCUT2D eigenvalue weighted by atomic mass is 32.1. The predicted molar refractivity (Wildman–Crippen MR) is 87.8 cm³/mol. The van der Waals surface area contributed by atoms with Gasteiger partial charge in [0.05, 0.1) is 16.5 Å². The summed E-state index contributed by atoms with van der Waals surface area (Å²) in [5, 5.41) is 16.3. The maximum atomic E-state index is 12.1. The van der Waals surface area contributed by atoms with Crippen LogP contribution in [0.4, 0.5) is 0 Å². The van der Waals surface area contributed by atoms with Gasteiger partial charge in [0.25, 0.3) is 5.91 Å². The van der Waals surface area contributed by atoms with Crippen LogP contribution in [0.1, 0.15) is 21.6 Å². The third-order valence-electron chi connectivity index (χ3n) is 2.98. The molecule has 0 saturated heterocycles. The van der Waals surface area contributed by atoms with E-state index >= 15 is 0 Å². The van der Waals surface area contributed by atoms with E-state index in [2.05, 4.69) is 16.4 Å². The largest absolute Gasteiger partial charge is 0.347 e. The van der Waals surface area contributed by atoms with Crippen molar-refractivity contribution in [3.8, 4) is 16.0 Å². The number of thiazole rings is 1. The molecular weight excluding hydrogens is 314 g/mol. The molecule has 0 spiro atoms. The number of amides is 1. The average molecular weight is 325 g/mol. The number of rotatable bonds is 4. The highest BCUT2D eigenvalue weighted by Crippen LogP contribution is 2.27. The number of nitriles is 1. The standard InChI is InChI=1S/C16H11N3OS2/c17-8-11-3-1-4-12(7-11)9-18-15(20)13-10-22-16(19-13)14-5-2-6-21-14/h1-7,10H,9H2,(H,18,20). The number of hydrogen-bond donors (Lipinski definition) is 1. The lowest BCUT2D eigenvalue weighted by molar-refractivity contribution is 0.0946. The van der Waals surface area contributed by atoms with Crippen molar-refractivity contribution in [2.75, 3.05) is 0 Å². The van der Waals surface area contributed by atoms with Gasteiger partial charge in [-0.15, -0.1) is 22.7 Å². The molecule has 4 nitrogen and oxygen atoms in total.